The third-order valence-corrected chi connectivity index (χ3v) is 5.22. The van der Waals surface area contributed by atoms with Gasteiger partial charge < -0.3 is 4.98 Å². The molecule has 0 aliphatic heterocycles. The molecule has 0 aliphatic carbocycles. The van der Waals surface area contributed by atoms with E-state index in [1.165, 1.54) is 30.3 Å². The number of aromatic nitrogens is 1. The number of nitrogens with zero attached hydrogens (tertiary/aromatic N) is 1. The monoisotopic (exact) mass is 340 g/mol. The Morgan fingerprint density at radius 1 is 1.17 bits per heavy atom. The summed E-state index contributed by atoms with van der Waals surface area (Å²) < 4.78 is 37.9. The molecule has 0 unspecified atom stereocenters. The Labute approximate surface area is 138 Å². The number of fused-ring (bicyclic) bond motifs is 1. The molecule has 1 aromatic heterocycles. The van der Waals surface area contributed by atoms with Crippen molar-refractivity contribution in [3.8, 4) is 6.07 Å². The van der Waals surface area contributed by atoms with Gasteiger partial charge in [-0.3, -0.25) is 0 Å². The summed E-state index contributed by atoms with van der Waals surface area (Å²) in [6.07, 6.45) is 3.02. The van der Waals surface area contributed by atoms with Crippen molar-refractivity contribution in [2.24, 2.45) is 0 Å². The fourth-order valence-electron chi connectivity index (χ4n) is 2.42. The summed E-state index contributed by atoms with van der Waals surface area (Å²) in [5, 5.41) is 10.1. The maximum Gasteiger partial charge on any atom is 0.192 e. The first kappa shape index (κ1) is 16.0. The zero-order valence-electron chi connectivity index (χ0n) is 12.5. The molecule has 0 spiro atoms. The summed E-state index contributed by atoms with van der Waals surface area (Å²) in [6.45, 7) is 0. The van der Waals surface area contributed by atoms with E-state index in [0.29, 0.717) is 11.1 Å². The van der Waals surface area contributed by atoms with E-state index in [4.69, 9.17) is 0 Å². The maximum atomic E-state index is 12.9. The van der Waals surface area contributed by atoms with Crippen LogP contribution in [0, 0.1) is 17.1 Å². The van der Waals surface area contributed by atoms with Crippen LogP contribution in [0.5, 0.6) is 0 Å². The predicted octanol–water partition coefficient (Wildman–Crippen LogP) is 3.79. The van der Waals surface area contributed by atoms with E-state index in [1.54, 1.807) is 12.3 Å². The molecule has 1 heterocycles. The fourth-order valence-corrected chi connectivity index (χ4v) is 3.66. The third kappa shape index (κ3) is 3.21. The molecule has 4 nitrogen and oxygen atoms in total. The SMILES string of the molecule is N#CC(=Cc1c[nH]c2ccccc12)S(=O)(=O)Cc1ccc(F)cc1. The molecule has 0 amide bonds. The number of nitriles is 1. The highest BCUT2D eigenvalue weighted by atomic mass is 32.2. The van der Waals surface area contributed by atoms with Crippen molar-refractivity contribution in [1.82, 2.24) is 4.98 Å². The minimum Gasteiger partial charge on any atom is -0.361 e. The minimum atomic E-state index is -3.82. The van der Waals surface area contributed by atoms with Crippen molar-refractivity contribution in [3.63, 3.8) is 0 Å². The van der Waals surface area contributed by atoms with Gasteiger partial charge in [-0.05, 0) is 29.8 Å². The van der Waals surface area contributed by atoms with E-state index < -0.39 is 15.7 Å². The van der Waals surface area contributed by atoms with Crippen LogP contribution in [0.4, 0.5) is 4.39 Å². The molecule has 0 radical (unpaired) electrons. The van der Waals surface area contributed by atoms with E-state index in [1.807, 2.05) is 24.3 Å². The summed E-state index contributed by atoms with van der Waals surface area (Å²) in [5.41, 5.74) is 1.92. The second-order valence-corrected chi connectivity index (χ2v) is 7.25. The van der Waals surface area contributed by atoms with Gasteiger partial charge in [-0.1, -0.05) is 30.3 Å². The quantitative estimate of drug-likeness (QED) is 0.734. The molecule has 3 rings (SSSR count). The van der Waals surface area contributed by atoms with Crippen LogP contribution in [0.15, 0.2) is 59.6 Å². The van der Waals surface area contributed by atoms with E-state index in [0.717, 1.165) is 10.9 Å². The van der Waals surface area contributed by atoms with E-state index in [-0.39, 0.29) is 10.7 Å². The second-order valence-electron chi connectivity index (χ2n) is 5.30. The molecule has 3 aromatic rings. The van der Waals surface area contributed by atoms with Crippen LogP contribution in [-0.4, -0.2) is 13.4 Å². The normalized spacial score (nSPS) is 12.2. The molecule has 2 aromatic carbocycles. The first-order valence-corrected chi connectivity index (χ1v) is 8.80. The molecule has 0 saturated heterocycles. The number of para-hydroxylation sites is 1. The van der Waals surface area contributed by atoms with Gasteiger partial charge in [0.15, 0.2) is 9.84 Å². The van der Waals surface area contributed by atoms with Gasteiger partial charge in [0.2, 0.25) is 0 Å². The summed E-state index contributed by atoms with van der Waals surface area (Å²) in [7, 11) is -3.82. The average Bonchev–Trinajstić information content (AvgIpc) is 2.97. The molecule has 0 saturated carbocycles. The Kier molecular flexibility index (Phi) is 4.19. The Bertz CT molecular complexity index is 1060. The first-order chi connectivity index (χ1) is 11.5. The standard InChI is InChI=1S/C18H13FN2O2S/c19-15-7-5-13(6-8-15)12-24(22,23)16(10-20)9-14-11-21-18-4-2-1-3-17(14)18/h1-9,11,21H,12H2. The molecule has 1 N–H and O–H groups in total. The number of nitrogens with one attached hydrogen (secondary N) is 1. The van der Waals surface area contributed by atoms with E-state index in [2.05, 4.69) is 4.98 Å². The Hall–Kier alpha value is -2.91. The van der Waals surface area contributed by atoms with Gasteiger partial charge in [-0.2, -0.15) is 5.26 Å². The topological polar surface area (TPSA) is 73.7 Å². The highest BCUT2D eigenvalue weighted by Crippen LogP contribution is 2.23. The van der Waals surface area contributed by atoms with Crippen molar-refractivity contribution < 1.29 is 12.8 Å². The number of benzene rings is 2. The predicted molar refractivity (Wildman–Crippen MR) is 90.9 cm³/mol. The lowest BCUT2D eigenvalue weighted by Gasteiger charge is -2.03. The summed E-state index contributed by atoms with van der Waals surface area (Å²) in [6, 6.07) is 14.4. The van der Waals surface area contributed by atoms with Gasteiger partial charge in [0, 0.05) is 22.7 Å². The number of allylic oxidation sites excluding steroid dienone is 1. The third-order valence-electron chi connectivity index (χ3n) is 3.62. The number of H-pyrrole nitrogens is 1. The van der Waals surface area contributed by atoms with Gasteiger partial charge in [0.1, 0.15) is 16.8 Å². The van der Waals surface area contributed by atoms with Crippen LogP contribution in [0.2, 0.25) is 0 Å². The molecular weight excluding hydrogens is 327 g/mol. The number of rotatable bonds is 4. The molecule has 6 heteroatoms. The molecule has 0 aliphatic rings. The van der Waals surface area contributed by atoms with Gasteiger partial charge in [0.05, 0.1) is 5.75 Å². The van der Waals surface area contributed by atoms with Gasteiger partial charge in [0.25, 0.3) is 0 Å². The average molecular weight is 340 g/mol. The highest BCUT2D eigenvalue weighted by Gasteiger charge is 2.19. The minimum absolute atomic E-state index is 0.323. The van der Waals surface area contributed by atoms with Crippen molar-refractivity contribution >= 4 is 26.8 Å². The largest absolute Gasteiger partial charge is 0.361 e. The summed E-state index contributed by atoms with van der Waals surface area (Å²) >= 11 is 0. The molecule has 0 fully saturated rings. The van der Waals surface area contributed by atoms with Crippen LogP contribution >= 0.6 is 0 Å². The Morgan fingerprint density at radius 3 is 2.58 bits per heavy atom. The Balaban J connectivity index is 1.98. The molecule has 24 heavy (non-hydrogen) atoms. The number of hydrogen-bond donors (Lipinski definition) is 1. The maximum absolute atomic E-state index is 12.9. The van der Waals surface area contributed by atoms with Crippen LogP contribution < -0.4 is 0 Å². The molecular formula is C18H13FN2O2S. The van der Waals surface area contributed by atoms with Crippen LogP contribution in [0.3, 0.4) is 0 Å². The van der Waals surface area contributed by atoms with Crippen molar-refractivity contribution in [2.75, 3.05) is 0 Å². The zero-order chi connectivity index (χ0) is 17.2. The summed E-state index contributed by atoms with van der Waals surface area (Å²) in [4.78, 5) is 2.71. The number of sulfone groups is 1. The smallest absolute Gasteiger partial charge is 0.192 e. The number of halogens is 1. The van der Waals surface area contributed by atoms with Gasteiger partial charge in [-0.15, -0.1) is 0 Å². The van der Waals surface area contributed by atoms with Gasteiger partial charge in [-0.25, -0.2) is 12.8 Å². The number of aromatic amines is 1. The fraction of sp³-hybridized carbons (Fsp3) is 0.0556. The van der Waals surface area contributed by atoms with Crippen molar-refractivity contribution in [1.29, 1.82) is 5.26 Å². The molecule has 0 atom stereocenters. The zero-order valence-corrected chi connectivity index (χ0v) is 13.3. The molecule has 120 valence electrons. The van der Waals surface area contributed by atoms with Crippen molar-refractivity contribution in [2.45, 2.75) is 5.75 Å². The summed E-state index contributed by atoms with van der Waals surface area (Å²) in [5.74, 6) is -0.791. The van der Waals surface area contributed by atoms with Gasteiger partial charge >= 0.3 is 0 Å². The van der Waals surface area contributed by atoms with Crippen LogP contribution in [-0.2, 0) is 15.6 Å². The van der Waals surface area contributed by atoms with Crippen LogP contribution in [0.1, 0.15) is 11.1 Å². The lowest BCUT2D eigenvalue weighted by atomic mass is 10.1. The number of hydrogen-bond acceptors (Lipinski definition) is 3. The highest BCUT2D eigenvalue weighted by molar-refractivity contribution is 7.95. The Morgan fingerprint density at radius 2 is 1.88 bits per heavy atom. The van der Waals surface area contributed by atoms with Crippen LogP contribution in [0.25, 0.3) is 17.0 Å². The van der Waals surface area contributed by atoms with E-state index >= 15 is 0 Å². The molecule has 0 bridgehead atoms. The second kappa shape index (κ2) is 6.30. The lowest BCUT2D eigenvalue weighted by Crippen LogP contribution is -2.06. The van der Waals surface area contributed by atoms with E-state index in [9.17, 15) is 18.1 Å². The first-order valence-electron chi connectivity index (χ1n) is 7.15. The van der Waals surface area contributed by atoms with Crippen molar-refractivity contribution in [3.05, 3.63) is 76.6 Å². The lowest BCUT2D eigenvalue weighted by molar-refractivity contribution is 0.602.